The van der Waals surface area contributed by atoms with Crippen molar-refractivity contribution in [2.45, 2.75) is 18.6 Å². The molecule has 0 aromatic heterocycles. The molecule has 2 heteroatoms. The van der Waals surface area contributed by atoms with Gasteiger partial charge in [0.15, 0.2) is 0 Å². The van der Waals surface area contributed by atoms with Crippen molar-refractivity contribution in [2.24, 2.45) is 4.99 Å². The molecule has 0 amide bonds. The van der Waals surface area contributed by atoms with Gasteiger partial charge < -0.3 is 5.11 Å². The molecule has 2 nitrogen and oxygen atoms in total. The molecule has 0 aliphatic rings. The van der Waals surface area contributed by atoms with Crippen molar-refractivity contribution < 1.29 is 5.11 Å². The number of rotatable bonds is 7. The summed E-state index contributed by atoms with van der Waals surface area (Å²) in [4.78, 5) is 5.15. The topological polar surface area (TPSA) is 32.6 Å². The van der Waals surface area contributed by atoms with E-state index in [1.165, 1.54) is 0 Å². The largest absolute Gasteiger partial charge is 0.386 e. The van der Waals surface area contributed by atoms with E-state index in [1.807, 2.05) is 84.9 Å². The van der Waals surface area contributed by atoms with Crippen LogP contribution in [0.5, 0.6) is 0 Å². The number of hydrogen-bond donors (Lipinski definition) is 1. The maximum absolute atomic E-state index is 11.3. The summed E-state index contributed by atoms with van der Waals surface area (Å²) in [5.41, 5.74) is 5.01. The molecule has 0 fully saturated rings. The van der Waals surface area contributed by atoms with Crippen LogP contribution in [0.1, 0.15) is 28.4 Å². The molecule has 0 bridgehead atoms. The molecule has 2 atom stereocenters. The van der Waals surface area contributed by atoms with Crippen molar-refractivity contribution in [1.29, 1.82) is 0 Å². The highest BCUT2D eigenvalue weighted by Crippen LogP contribution is 2.24. The molecule has 0 aliphatic heterocycles. The van der Waals surface area contributed by atoms with E-state index >= 15 is 0 Å². The third kappa shape index (κ3) is 4.91. The highest BCUT2D eigenvalue weighted by molar-refractivity contribution is 6.13. The monoisotopic (exact) mass is 391 g/mol. The molecular weight excluding hydrogens is 366 g/mol. The Kier molecular flexibility index (Phi) is 6.48. The number of hydrogen-bond acceptors (Lipinski definition) is 2. The van der Waals surface area contributed by atoms with Gasteiger partial charge in [0.25, 0.3) is 0 Å². The van der Waals surface area contributed by atoms with E-state index in [4.69, 9.17) is 4.99 Å². The van der Waals surface area contributed by atoms with Crippen LogP contribution >= 0.6 is 0 Å². The molecule has 30 heavy (non-hydrogen) atoms. The van der Waals surface area contributed by atoms with E-state index in [2.05, 4.69) is 36.4 Å². The van der Waals surface area contributed by atoms with E-state index in [0.717, 1.165) is 28.0 Å². The standard InChI is InChI=1S/C28H25NO/c30-28(25-19-11-4-12-20-25)26(21-22-13-5-1-6-14-22)29-27(23-15-7-2-8-16-23)24-17-9-3-10-18-24/h1-20,26,28,30H,21H2/t26-,28-/m0/s1. The number of aliphatic hydroxyl groups excluding tert-OH is 1. The lowest BCUT2D eigenvalue weighted by atomic mass is 9.95. The van der Waals surface area contributed by atoms with Crippen LogP contribution in [0.4, 0.5) is 0 Å². The average molecular weight is 392 g/mol. The first kappa shape index (κ1) is 19.8. The first-order chi connectivity index (χ1) is 14.8. The second kappa shape index (κ2) is 9.82. The van der Waals surface area contributed by atoms with Crippen LogP contribution in [-0.2, 0) is 6.42 Å². The normalized spacial score (nSPS) is 12.7. The Morgan fingerprint density at radius 2 is 1.03 bits per heavy atom. The zero-order valence-corrected chi connectivity index (χ0v) is 16.8. The predicted molar refractivity (Wildman–Crippen MR) is 124 cm³/mol. The minimum absolute atomic E-state index is 0.315. The molecule has 0 radical (unpaired) electrons. The summed E-state index contributed by atoms with van der Waals surface area (Å²) < 4.78 is 0. The van der Waals surface area contributed by atoms with Crippen LogP contribution in [0.2, 0.25) is 0 Å². The molecule has 4 aromatic rings. The Bertz CT molecular complexity index is 1020. The van der Waals surface area contributed by atoms with Gasteiger partial charge in [-0.25, -0.2) is 0 Å². The summed E-state index contributed by atoms with van der Waals surface area (Å²) >= 11 is 0. The van der Waals surface area contributed by atoms with Gasteiger partial charge in [-0.05, 0) is 17.5 Å². The van der Waals surface area contributed by atoms with E-state index < -0.39 is 6.10 Å². The summed E-state index contributed by atoms with van der Waals surface area (Å²) in [5.74, 6) is 0. The molecule has 0 unspecified atom stereocenters. The summed E-state index contributed by atoms with van der Waals surface area (Å²) in [7, 11) is 0. The maximum atomic E-state index is 11.3. The smallest absolute Gasteiger partial charge is 0.102 e. The van der Waals surface area contributed by atoms with Gasteiger partial charge in [0.1, 0.15) is 6.10 Å². The molecule has 4 rings (SSSR count). The Morgan fingerprint density at radius 3 is 1.53 bits per heavy atom. The van der Waals surface area contributed by atoms with Crippen molar-refractivity contribution in [3.63, 3.8) is 0 Å². The van der Waals surface area contributed by atoms with Crippen molar-refractivity contribution in [3.8, 4) is 0 Å². The molecule has 0 saturated carbocycles. The molecule has 0 spiro atoms. The van der Waals surface area contributed by atoms with Crippen LogP contribution in [0.25, 0.3) is 0 Å². The minimum atomic E-state index is -0.700. The second-order valence-electron chi connectivity index (χ2n) is 7.32. The SMILES string of the molecule is O[C@@H](c1ccccc1)[C@H](Cc1ccccc1)N=C(c1ccccc1)c1ccccc1. The molecule has 1 N–H and O–H groups in total. The van der Waals surface area contributed by atoms with Gasteiger partial charge in [-0.1, -0.05) is 121 Å². The molecule has 0 saturated heterocycles. The van der Waals surface area contributed by atoms with Crippen LogP contribution in [-0.4, -0.2) is 16.9 Å². The lowest BCUT2D eigenvalue weighted by Crippen LogP contribution is -2.22. The lowest BCUT2D eigenvalue weighted by molar-refractivity contribution is 0.147. The number of nitrogens with zero attached hydrogens (tertiary/aromatic N) is 1. The Labute approximate surface area is 178 Å². The van der Waals surface area contributed by atoms with Crippen molar-refractivity contribution in [3.05, 3.63) is 144 Å². The Balaban J connectivity index is 1.79. The molecular formula is C28H25NO. The Hall–Kier alpha value is -3.49. The highest BCUT2D eigenvalue weighted by Gasteiger charge is 2.22. The zero-order chi connectivity index (χ0) is 20.6. The molecule has 0 heterocycles. The first-order valence-electron chi connectivity index (χ1n) is 10.3. The first-order valence-corrected chi connectivity index (χ1v) is 10.3. The Morgan fingerprint density at radius 1 is 0.600 bits per heavy atom. The summed E-state index contributed by atoms with van der Waals surface area (Å²) in [6.45, 7) is 0. The van der Waals surface area contributed by atoms with Crippen molar-refractivity contribution in [1.82, 2.24) is 0 Å². The third-order valence-corrected chi connectivity index (χ3v) is 5.18. The molecule has 4 aromatic carbocycles. The van der Waals surface area contributed by atoms with Crippen LogP contribution in [0, 0.1) is 0 Å². The fraction of sp³-hybridized carbons (Fsp3) is 0.107. The van der Waals surface area contributed by atoms with Gasteiger partial charge in [-0.2, -0.15) is 0 Å². The van der Waals surface area contributed by atoms with Gasteiger partial charge in [0.05, 0.1) is 11.8 Å². The zero-order valence-electron chi connectivity index (χ0n) is 16.8. The van der Waals surface area contributed by atoms with Gasteiger partial charge >= 0.3 is 0 Å². The van der Waals surface area contributed by atoms with Crippen LogP contribution < -0.4 is 0 Å². The predicted octanol–water partition coefficient (Wildman–Crippen LogP) is 5.87. The molecule has 148 valence electrons. The van der Waals surface area contributed by atoms with Gasteiger partial charge in [0.2, 0.25) is 0 Å². The molecule has 0 aliphatic carbocycles. The average Bonchev–Trinajstić information content (AvgIpc) is 2.83. The van der Waals surface area contributed by atoms with Gasteiger partial charge in [-0.3, -0.25) is 4.99 Å². The third-order valence-electron chi connectivity index (χ3n) is 5.18. The van der Waals surface area contributed by atoms with E-state index in [9.17, 15) is 5.11 Å². The number of benzene rings is 4. The summed E-state index contributed by atoms with van der Waals surface area (Å²) in [6, 6.07) is 40.1. The van der Waals surface area contributed by atoms with E-state index in [0.29, 0.717) is 6.42 Å². The lowest BCUT2D eigenvalue weighted by Gasteiger charge is -2.22. The maximum Gasteiger partial charge on any atom is 0.102 e. The van der Waals surface area contributed by atoms with Crippen molar-refractivity contribution >= 4 is 5.71 Å². The van der Waals surface area contributed by atoms with E-state index in [1.54, 1.807) is 0 Å². The van der Waals surface area contributed by atoms with Crippen molar-refractivity contribution in [2.75, 3.05) is 0 Å². The quantitative estimate of drug-likeness (QED) is 0.393. The fourth-order valence-corrected chi connectivity index (χ4v) is 3.63. The van der Waals surface area contributed by atoms with Crippen LogP contribution in [0.15, 0.2) is 126 Å². The summed E-state index contributed by atoms with van der Waals surface area (Å²) in [5, 5.41) is 11.3. The fourth-order valence-electron chi connectivity index (χ4n) is 3.63. The van der Waals surface area contributed by atoms with Gasteiger partial charge in [-0.15, -0.1) is 0 Å². The van der Waals surface area contributed by atoms with E-state index in [-0.39, 0.29) is 6.04 Å². The minimum Gasteiger partial charge on any atom is -0.386 e. The van der Waals surface area contributed by atoms with Gasteiger partial charge in [0, 0.05) is 11.1 Å². The number of aliphatic imine (C=N–C) groups is 1. The summed E-state index contributed by atoms with van der Waals surface area (Å²) in [6.07, 6.45) is -0.0473. The second-order valence-corrected chi connectivity index (χ2v) is 7.32. The highest BCUT2D eigenvalue weighted by atomic mass is 16.3. The van der Waals surface area contributed by atoms with Crippen LogP contribution in [0.3, 0.4) is 0 Å². The number of aliphatic hydroxyl groups is 1.